The number of hydrogen-bond donors (Lipinski definition) is 0. The predicted octanol–water partition coefficient (Wildman–Crippen LogP) is 1.07. The highest BCUT2D eigenvalue weighted by atomic mass is 79.9. The number of amides is 4. The molecule has 1 saturated heterocycles. The summed E-state index contributed by atoms with van der Waals surface area (Å²) in [5.41, 5.74) is 0. The second-order valence-corrected chi connectivity index (χ2v) is 4.87. The molecule has 1 fully saturated rings. The Kier molecular flexibility index (Phi) is 4.07. The van der Waals surface area contributed by atoms with Crippen LogP contribution in [0, 0.1) is 11.8 Å². The molecule has 0 aromatic heterocycles. The van der Waals surface area contributed by atoms with Gasteiger partial charge in [-0.2, -0.15) is 0 Å². The average molecular weight is 291 g/mol. The normalized spacial score (nSPS) is 18.9. The molecule has 1 heterocycles. The molecule has 4 amide bonds. The van der Waals surface area contributed by atoms with E-state index in [1.807, 2.05) is 13.8 Å². The third-order valence-electron chi connectivity index (χ3n) is 2.81. The molecule has 1 rings (SSSR count). The van der Waals surface area contributed by atoms with E-state index in [1.165, 1.54) is 7.05 Å². The van der Waals surface area contributed by atoms with Gasteiger partial charge < -0.3 is 0 Å². The van der Waals surface area contributed by atoms with E-state index in [-0.39, 0.29) is 12.5 Å². The lowest BCUT2D eigenvalue weighted by molar-refractivity contribution is -0.143. The second-order valence-electron chi connectivity index (χ2n) is 4.22. The van der Waals surface area contributed by atoms with Gasteiger partial charge in [-0.05, 0) is 11.8 Å². The van der Waals surface area contributed by atoms with Gasteiger partial charge in [-0.25, -0.2) is 4.79 Å². The van der Waals surface area contributed by atoms with E-state index in [4.69, 9.17) is 0 Å². The Labute approximate surface area is 103 Å². The lowest BCUT2D eigenvalue weighted by Gasteiger charge is -2.22. The molecule has 6 heteroatoms. The maximum atomic E-state index is 11.6. The molecule has 90 valence electrons. The molecule has 1 atom stereocenters. The standard InChI is InChI=1S/C10H15BrN2O3/c1-6(2)7(4-11)5-13-9(15)8(14)12(3)10(13)16/h6-7H,4-5H2,1-3H3. The zero-order valence-corrected chi connectivity index (χ0v) is 11.2. The Morgan fingerprint density at radius 3 is 2.06 bits per heavy atom. The van der Waals surface area contributed by atoms with Crippen LogP contribution in [-0.2, 0) is 9.59 Å². The van der Waals surface area contributed by atoms with Crippen molar-refractivity contribution in [2.75, 3.05) is 18.9 Å². The Hall–Kier alpha value is -0.910. The highest BCUT2D eigenvalue weighted by molar-refractivity contribution is 9.09. The van der Waals surface area contributed by atoms with Crippen LogP contribution in [0.2, 0.25) is 0 Å². The van der Waals surface area contributed by atoms with Crippen LogP contribution in [0.25, 0.3) is 0 Å². The number of likely N-dealkylation sites (N-methyl/N-ethyl adjacent to an activating group) is 1. The van der Waals surface area contributed by atoms with Crippen LogP contribution in [0.15, 0.2) is 0 Å². The number of imide groups is 2. The zero-order valence-electron chi connectivity index (χ0n) is 9.57. The van der Waals surface area contributed by atoms with Crippen LogP contribution in [0.5, 0.6) is 0 Å². The van der Waals surface area contributed by atoms with Gasteiger partial charge in [-0.15, -0.1) is 0 Å². The van der Waals surface area contributed by atoms with Crippen molar-refractivity contribution in [2.45, 2.75) is 13.8 Å². The van der Waals surface area contributed by atoms with Gasteiger partial charge >= 0.3 is 17.8 Å². The van der Waals surface area contributed by atoms with E-state index in [1.54, 1.807) is 0 Å². The monoisotopic (exact) mass is 290 g/mol. The van der Waals surface area contributed by atoms with Crippen molar-refractivity contribution in [1.29, 1.82) is 0 Å². The summed E-state index contributed by atoms with van der Waals surface area (Å²) in [5.74, 6) is -0.977. The van der Waals surface area contributed by atoms with Crippen molar-refractivity contribution in [3.63, 3.8) is 0 Å². The van der Waals surface area contributed by atoms with Gasteiger partial charge in [0.2, 0.25) is 0 Å². The molecule has 5 nitrogen and oxygen atoms in total. The minimum Gasteiger partial charge on any atom is -0.263 e. The fraction of sp³-hybridized carbons (Fsp3) is 0.700. The van der Waals surface area contributed by atoms with Crippen molar-refractivity contribution in [1.82, 2.24) is 9.80 Å². The lowest BCUT2D eigenvalue weighted by Crippen LogP contribution is -2.37. The van der Waals surface area contributed by atoms with Crippen molar-refractivity contribution in [2.24, 2.45) is 11.8 Å². The summed E-state index contributed by atoms with van der Waals surface area (Å²) in [6.07, 6.45) is 0. The van der Waals surface area contributed by atoms with Crippen LogP contribution >= 0.6 is 15.9 Å². The molecular weight excluding hydrogens is 276 g/mol. The Balaban J connectivity index is 2.78. The van der Waals surface area contributed by atoms with Crippen molar-refractivity contribution < 1.29 is 14.4 Å². The van der Waals surface area contributed by atoms with E-state index in [9.17, 15) is 14.4 Å². The van der Waals surface area contributed by atoms with Gasteiger partial charge in [0.15, 0.2) is 0 Å². The molecule has 0 aliphatic carbocycles. The summed E-state index contributed by atoms with van der Waals surface area (Å²) in [7, 11) is 1.32. The number of nitrogens with zero attached hydrogens (tertiary/aromatic N) is 2. The smallest absolute Gasteiger partial charge is 0.263 e. The molecule has 0 aromatic rings. The molecule has 0 spiro atoms. The first-order valence-electron chi connectivity index (χ1n) is 5.09. The van der Waals surface area contributed by atoms with Gasteiger partial charge in [0.1, 0.15) is 0 Å². The van der Waals surface area contributed by atoms with Gasteiger partial charge in [0.05, 0.1) is 0 Å². The molecule has 0 aromatic carbocycles. The summed E-state index contributed by atoms with van der Waals surface area (Å²) >= 11 is 3.35. The third-order valence-corrected chi connectivity index (χ3v) is 3.64. The first-order chi connectivity index (χ1) is 7.40. The first-order valence-corrected chi connectivity index (χ1v) is 6.21. The zero-order chi connectivity index (χ0) is 12.5. The van der Waals surface area contributed by atoms with E-state index >= 15 is 0 Å². The minimum atomic E-state index is -0.748. The van der Waals surface area contributed by atoms with Gasteiger partial charge in [-0.3, -0.25) is 19.4 Å². The lowest BCUT2D eigenvalue weighted by atomic mass is 9.98. The highest BCUT2D eigenvalue weighted by Crippen LogP contribution is 2.19. The maximum absolute atomic E-state index is 11.6. The Morgan fingerprint density at radius 2 is 1.75 bits per heavy atom. The van der Waals surface area contributed by atoms with E-state index in [2.05, 4.69) is 15.9 Å². The first kappa shape index (κ1) is 13.2. The number of halogens is 1. The quantitative estimate of drug-likeness (QED) is 0.442. The molecule has 1 unspecified atom stereocenters. The average Bonchev–Trinajstić information content (AvgIpc) is 2.41. The summed E-state index contributed by atoms with van der Waals surface area (Å²) in [5, 5.41) is 0.694. The fourth-order valence-corrected chi connectivity index (χ4v) is 2.40. The molecule has 0 bridgehead atoms. The largest absolute Gasteiger partial charge is 0.333 e. The van der Waals surface area contributed by atoms with E-state index in [0.717, 1.165) is 9.80 Å². The maximum Gasteiger partial charge on any atom is 0.333 e. The third kappa shape index (κ3) is 2.26. The number of rotatable bonds is 4. The summed E-state index contributed by atoms with van der Waals surface area (Å²) in [6, 6.07) is -0.526. The Morgan fingerprint density at radius 1 is 1.19 bits per heavy atom. The summed E-state index contributed by atoms with van der Waals surface area (Å²) in [4.78, 5) is 36.2. The molecule has 0 N–H and O–H groups in total. The molecule has 1 aliphatic rings. The molecule has 0 saturated carbocycles. The molecular formula is C10H15BrN2O3. The van der Waals surface area contributed by atoms with Crippen molar-refractivity contribution in [3.05, 3.63) is 0 Å². The SMILES string of the molecule is CC(C)C(CBr)CN1C(=O)C(=O)N(C)C1=O. The Bertz CT molecular complexity index is 330. The summed E-state index contributed by atoms with van der Waals surface area (Å²) in [6.45, 7) is 4.32. The van der Waals surface area contributed by atoms with Crippen LogP contribution < -0.4 is 0 Å². The topological polar surface area (TPSA) is 57.7 Å². The molecule has 0 radical (unpaired) electrons. The number of hydrogen-bond acceptors (Lipinski definition) is 3. The minimum absolute atomic E-state index is 0.159. The number of carbonyl (C=O) groups is 3. The number of alkyl halides is 1. The van der Waals surface area contributed by atoms with Crippen molar-refractivity contribution in [3.8, 4) is 0 Å². The van der Waals surface area contributed by atoms with Gasteiger partial charge in [-0.1, -0.05) is 29.8 Å². The van der Waals surface area contributed by atoms with Gasteiger partial charge in [0.25, 0.3) is 0 Å². The van der Waals surface area contributed by atoms with Crippen LogP contribution in [0.3, 0.4) is 0 Å². The fourth-order valence-electron chi connectivity index (χ4n) is 1.45. The second kappa shape index (κ2) is 4.95. The highest BCUT2D eigenvalue weighted by Gasteiger charge is 2.42. The van der Waals surface area contributed by atoms with Gasteiger partial charge in [0, 0.05) is 18.9 Å². The number of carbonyl (C=O) groups excluding carboxylic acids is 3. The van der Waals surface area contributed by atoms with Crippen LogP contribution in [-0.4, -0.2) is 46.6 Å². The number of urea groups is 1. The van der Waals surface area contributed by atoms with Crippen LogP contribution in [0.4, 0.5) is 4.79 Å². The predicted molar refractivity (Wildman–Crippen MR) is 62.0 cm³/mol. The summed E-state index contributed by atoms with van der Waals surface area (Å²) < 4.78 is 0. The van der Waals surface area contributed by atoms with E-state index in [0.29, 0.717) is 11.2 Å². The molecule has 16 heavy (non-hydrogen) atoms. The van der Waals surface area contributed by atoms with Crippen LogP contribution in [0.1, 0.15) is 13.8 Å². The molecule has 1 aliphatic heterocycles. The van der Waals surface area contributed by atoms with E-state index < -0.39 is 17.8 Å². The van der Waals surface area contributed by atoms with Crippen molar-refractivity contribution >= 4 is 33.8 Å².